The summed E-state index contributed by atoms with van der Waals surface area (Å²) in [6.07, 6.45) is 2.64. The highest BCUT2D eigenvalue weighted by Crippen LogP contribution is 2.39. The van der Waals surface area contributed by atoms with Gasteiger partial charge in [0, 0.05) is 32.0 Å². The van der Waals surface area contributed by atoms with E-state index in [1.807, 2.05) is 18.7 Å². The van der Waals surface area contributed by atoms with E-state index in [4.69, 9.17) is 13.7 Å². The SMILES string of the molecule is [2H]c1c(C)c([2H])c(C)c(N2C=CN(c3c(C([2H])([2H])[2H])c([2H])c(C)c([2H])c3C([2H])([2H])[2H])C2C(C)C)c1C. The first-order chi connectivity index (χ1) is 16.3. The Hall–Kier alpha value is -2.22. The van der Waals surface area contributed by atoms with E-state index in [1.54, 1.807) is 33.2 Å². The highest BCUT2D eigenvalue weighted by atomic mass is 15.4. The van der Waals surface area contributed by atoms with Crippen molar-refractivity contribution in [2.45, 2.75) is 61.4 Å². The Kier molecular flexibility index (Phi) is 2.53. The number of nitrogens with zero attached hydrogens (tertiary/aromatic N) is 2. The Morgan fingerprint density at radius 1 is 0.769 bits per heavy atom. The van der Waals surface area contributed by atoms with Gasteiger partial charge in [0.2, 0.25) is 0 Å². The zero-order valence-corrected chi connectivity index (χ0v) is 16.2. The summed E-state index contributed by atoms with van der Waals surface area (Å²) in [5.74, 6) is -0.179. The highest BCUT2D eigenvalue weighted by molar-refractivity contribution is 5.70. The minimum atomic E-state index is -2.80. The van der Waals surface area contributed by atoms with E-state index in [-0.39, 0.29) is 41.3 Å². The van der Waals surface area contributed by atoms with Crippen molar-refractivity contribution in [3.8, 4) is 0 Å². The van der Waals surface area contributed by atoms with Crippen LogP contribution in [-0.4, -0.2) is 6.17 Å². The Labute approximate surface area is 173 Å². The van der Waals surface area contributed by atoms with Crippen LogP contribution in [0.1, 0.15) is 60.9 Å². The smallest absolute Gasteiger partial charge is 0.112 e. The Morgan fingerprint density at radius 2 is 1.15 bits per heavy atom. The summed E-state index contributed by atoms with van der Waals surface area (Å²) in [5, 5.41) is 0. The third kappa shape index (κ3) is 3.13. The summed E-state index contributed by atoms with van der Waals surface area (Å²) in [6.45, 7) is 4.92. The molecular weight excluding hydrogens is 316 g/mol. The van der Waals surface area contributed by atoms with Crippen molar-refractivity contribution in [1.82, 2.24) is 0 Å². The Bertz CT molecular complexity index is 1170. The maximum absolute atomic E-state index is 8.56. The van der Waals surface area contributed by atoms with Crippen molar-refractivity contribution in [2.75, 3.05) is 9.80 Å². The second kappa shape index (κ2) is 6.83. The molecule has 26 heavy (non-hydrogen) atoms. The summed E-state index contributed by atoms with van der Waals surface area (Å²) in [7, 11) is 0. The molecule has 0 saturated heterocycles. The number of hydrogen-bond donors (Lipinski definition) is 0. The average molecular weight is 359 g/mol. The fourth-order valence-corrected chi connectivity index (χ4v) is 3.80. The van der Waals surface area contributed by atoms with E-state index in [1.165, 1.54) is 11.8 Å². The van der Waals surface area contributed by atoms with Gasteiger partial charge >= 0.3 is 0 Å². The van der Waals surface area contributed by atoms with Crippen LogP contribution in [0, 0.1) is 47.3 Å². The fraction of sp³-hybridized carbons (Fsp3) is 0.417. The quantitative estimate of drug-likeness (QED) is 0.633. The molecule has 0 spiro atoms. The third-order valence-electron chi connectivity index (χ3n) is 4.63. The summed E-state index contributed by atoms with van der Waals surface area (Å²) >= 11 is 0. The predicted molar refractivity (Wildman–Crippen MR) is 114 cm³/mol. The molecule has 2 nitrogen and oxygen atoms in total. The van der Waals surface area contributed by atoms with Gasteiger partial charge in [-0.1, -0.05) is 49.1 Å². The molecule has 1 heterocycles. The summed E-state index contributed by atoms with van der Waals surface area (Å²) < 4.78 is 83.2. The van der Waals surface area contributed by atoms with Crippen molar-refractivity contribution in [1.29, 1.82) is 0 Å². The molecule has 0 aromatic heterocycles. The lowest BCUT2D eigenvalue weighted by Gasteiger charge is -2.38. The van der Waals surface area contributed by atoms with Crippen LogP contribution in [0.25, 0.3) is 0 Å². The van der Waals surface area contributed by atoms with Gasteiger partial charge in [0.25, 0.3) is 0 Å². The molecule has 0 radical (unpaired) electrons. The van der Waals surface area contributed by atoms with Gasteiger partial charge in [-0.25, -0.2) is 0 Å². The minimum Gasteiger partial charge on any atom is -0.325 e. The molecule has 0 amide bonds. The van der Waals surface area contributed by atoms with Gasteiger partial charge in [0.1, 0.15) is 6.17 Å². The van der Waals surface area contributed by atoms with Gasteiger partial charge < -0.3 is 9.80 Å². The second-order valence-electron chi connectivity index (χ2n) is 7.22. The normalized spacial score (nSPS) is 23.4. The van der Waals surface area contributed by atoms with Crippen LogP contribution in [0.3, 0.4) is 0 Å². The lowest BCUT2D eigenvalue weighted by Crippen LogP contribution is -2.44. The summed E-state index contributed by atoms with van der Waals surface area (Å²) in [4.78, 5) is 3.38. The van der Waals surface area contributed by atoms with Crippen molar-refractivity contribution in [3.63, 3.8) is 0 Å². The van der Waals surface area contributed by atoms with Crippen molar-refractivity contribution < 1.29 is 13.7 Å². The van der Waals surface area contributed by atoms with Gasteiger partial charge in [-0.05, 0) is 69.6 Å². The molecule has 1 atom stereocenters. The topological polar surface area (TPSA) is 6.48 Å². The number of hydrogen-bond acceptors (Lipinski definition) is 2. The van der Waals surface area contributed by atoms with Crippen LogP contribution in [0.2, 0.25) is 0 Å². The number of benzene rings is 2. The van der Waals surface area contributed by atoms with Crippen LogP contribution in [-0.2, 0) is 0 Å². The highest BCUT2D eigenvalue weighted by Gasteiger charge is 2.33. The first kappa shape index (κ1) is 9.64. The zero-order valence-electron chi connectivity index (χ0n) is 26.2. The average Bonchev–Trinajstić information content (AvgIpc) is 3.17. The van der Waals surface area contributed by atoms with E-state index in [2.05, 4.69) is 0 Å². The van der Waals surface area contributed by atoms with Crippen LogP contribution in [0.15, 0.2) is 36.6 Å². The molecule has 0 saturated carbocycles. The molecule has 1 unspecified atom stereocenters. The second-order valence-corrected chi connectivity index (χ2v) is 7.22. The van der Waals surface area contributed by atoms with Crippen molar-refractivity contribution in [2.24, 2.45) is 5.92 Å². The van der Waals surface area contributed by atoms with Crippen molar-refractivity contribution in [3.05, 3.63) is 70.0 Å². The molecule has 138 valence electrons. The fourth-order valence-electron chi connectivity index (χ4n) is 3.80. The molecule has 2 aromatic rings. The van der Waals surface area contributed by atoms with Gasteiger partial charge in [-0.15, -0.1) is 0 Å². The maximum Gasteiger partial charge on any atom is 0.112 e. The molecule has 2 aromatic carbocycles. The lowest BCUT2D eigenvalue weighted by atomic mass is 10.00. The molecule has 3 rings (SSSR count). The molecule has 0 fully saturated rings. The molecule has 1 aliphatic heterocycles. The van der Waals surface area contributed by atoms with E-state index >= 15 is 0 Å². The predicted octanol–water partition coefficient (Wildman–Crippen LogP) is 6.32. The number of anilines is 2. The van der Waals surface area contributed by atoms with Crippen LogP contribution in [0.4, 0.5) is 11.4 Å². The minimum absolute atomic E-state index is 0.0000453. The Balaban J connectivity index is 2.41. The van der Waals surface area contributed by atoms with E-state index < -0.39 is 31.0 Å². The third-order valence-corrected chi connectivity index (χ3v) is 4.63. The van der Waals surface area contributed by atoms with E-state index in [0.717, 1.165) is 0 Å². The van der Waals surface area contributed by atoms with Gasteiger partial charge in [0.05, 0.1) is 5.48 Å². The van der Waals surface area contributed by atoms with Crippen LogP contribution >= 0.6 is 0 Å². The standard InChI is InChI=1S/C24H32N2/c1-15(2)24-25(22-18(5)11-16(3)12-19(22)6)9-10-26(24)23-20(7)13-17(4)14-21(23)8/h9-15,24H,1-8H3/i5D3,6D3,11D,12D,13D,14D. The van der Waals surface area contributed by atoms with Gasteiger partial charge in [0.15, 0.2) is 0 Å². The largest absolute Gasteiger partial charge is 0.325 e. The zero-order chi connectivity index (χ0) is 27.7. The van der Waals surface area contributed by atoms with Crippen LogP contribution < -0.4 is 9.80 Å². The summed E-state index contributed by atoms with van der Waals surface area (Å²) in [6, 6.07) is -0.277. The number of rotatable bonds is 3. The monoisotopic (exact) mass is 358 g/mol. The van der Waals surface area contributed by atoms with E-state index in [9.17, 15) is 0 Å². The van der Waals surface area contributed by atoms with Gasteiger partial charge in [-0.3, -0.25) is 0 Å². The Morgan fingerprint density at radius 3 is 1.54 bits per heavy atom. The first-order valence-corrected chi connectivity index (χ1v) is 8.80. The molecule has 0 bridgehead atoms. The first-order valence-electron chi connectivity index (χ1n) is 13.8. The maximum atomic E-state index is 8.56. The molecule has 0 aliphatic carbocycles. The molecular formula is C24H32N2. The van der Waals surface area contributed by atoms with E-state index in [0.29, 0.717) is 22.4 Å². The summed E-state index contributed by atoms with van der Waals surface area (Å²) in [5.41, 5.74) is 1.50. The molecule has 1 aliphatic rings. The molecule has 2 heteroatoms. The van der Waals surface area contributed by atoms with Crippen molar-refractivity contribution >= 4 is 11.4 Å². The molecule has 0 N–H and O–H groups in total. The van der Waals surface area contributed by atoms with Crippen LogP contribution in [0.5, 0.6) is 0 Å². The lowest BCUT2D eigenvalue weighted by molar-refractivity contribution is 0.499. The van der Waals surface area contributed by atoms with Gasteiger partial charge in [-0.2, -0.15) is 0 Å².